The number of nitrogens with one attached hydrogen (secondary N) is 1. The van der Waals surface area contributed by atoms with Gasteiger partial charge in [0.05, 0.1) is 18.5 Å². The van der Waals surface area contributed by atoms with Crippen LogP contribution < -0.4 is 9.46 Å². The summed E-state index contributed by atoms with van der Waals surface area (Å²) in [7, 11) is -3.74. The highest BCUT2D eigenvalue weighted by Gasteiger charge is 2.12. The van der Waals surface area contributed by atoms with Gasteiger partial charge in [0.25, 0.3) is 0 Å². The average molecular weight is 352 g/mol. The van der Waals surface area contributed by atoms with E-state index in [2.05, 4.69) is 21.5 Å². The lowest BCUT2D eigenvalue weighted by Gasteiger charge is -2.04. The van der Waals surface area contributed by atoms with Crippen LogP contribution in [0, 0.1) is 23.5 Å². The van der Waals surface area contributed by atoms with Crippen LogP contribution in [0.25, 0.3) is 0 Å². The molecule has 1 N–H and O–H groups in total. The zero-order valence-electron chi connectivity index (χ0n) is 12.5. The number of pyridine rings is 1. The standard InChI is InChI=1S/C16H14F2N2O3S/c17-14-8-13(9-15(18)10-14)12-24(21,22)20-6-1-2-7-23-16-4-3-5-19-11-16/h3-5,8-11,20H,6-7,12H2. The Morgan fingerprint density at radius 1 is 1.17 bits per heavy atom. The van der Waals surface area contributed by atoms with Crippen molar-refractivity contribution in [2.75, 3.05) is 13.2 Å². The number of sulfonamides is 1. The van der Waals surface area contributed by atoms with Crippen LogP contribution in [-0.4, -0.2) is 26.6 Å². The van der Waals surface area contributed by atoms with Crippen LogP contribution in [0.5, 0.6) is 5.75 Å². The van der Waals surface area contributed by atoms with Gasteiger partial charge in [-0.1, -0.05) is 11.8 Å². The summed E-state index contributed by atoms with van der Waals surface area (Å²) in [6.07, 6.45) is 3.14. The van der Waals surface area contributed by atoms with E-state index in [0.717, 1.165) is 12.1 Å². The van der Waals surface area contributed by atoms with Crippen molar-refractivity contribution < 1.29 is 21.9 Å². The molecule has 0 aliphatic heterocycles. The molecule has 1 heterocycles. The molecule has 0 amide bonds. The van der Waals surface area contributed by atoms with E-state index in [0.29, 0.717) is 11.8 Å². The molecule has 0 unspecified atom stereocenters. The van der Waals surface area contributed by atoms with E-state index in [1.165, 1.54) is 6.20 Å². The van der Waals surface area contributed by atoms with Crippen molar-refractivity contribution in [3.8, 4) is 17.6 Å². The monoisotopic (exact) mass is 352 g/mol. The predicted molar refractivity (Wildman–Crippen MR) is 84.5 cm³/mol. The molecule has 0 saturated carbocycles. The minimum atomic E-state index is -3.74. The van der Waals surface area contributed by atoms with Crippen LogP contribution in [0.3, 0.4) is 0 Å². The van der Waals surface area contributed by atoms with Crippen LogP contribution >= 0.6 is 0 Å². The molecule has 126 valence electrons. The highest BCUT2D eigenvalue weighted by molar-refractivity contribution is 7.88. The van der Waals surface area contributed by atoms with Gasteiger partial charge in [-0.2, -0.15) is 0 Å². The quantitative estimate of drug-likeness (QED) is 0.806. The van der Waals surface area contributed by atoms with Crippen LogP contribution in [0.15, 0.2) is 42.7 Å². The molecule has 0 saturated heterocycles. The van der Waals surface area contributed by atoms with Crippen molar-refractivity contribution in [2.45, 2.75) is 5.75 Å². The van der Waals surface area contributed by atoms with Gasteiger partial charge < -0.3 is 4.74 Å². The number of aromatic nitrogens is 1. The van der Waals surface area contributed by atoms with Crippen LogP contribution in [0.2, 0.25) is 0 Å². The Kier molecular flexibility index (Phi) is 6.23. The molecule has 0 aliphatic carbocycles. The van der Waals surface area contributed by atoms with E-state index >= 15 is 0 Å². The SMILES string of the molecule is O=S(=O)(Cc1cc(F)cc(F)c1)NCC#CCOc1cccnc1. The second-order valence-corrected chi connectivity index (χ2v) is 6.50. The van der Waals surface area contributed by atoms with Crippen molar-refractivity contribution in [1.82, 2.24) is 9.71 Å². The largest absolute Gasteiger partial charge is 0.479 e. The van der Waals surface area contributed by atoms with Crippen LogP contribution in [0.4, 0.5) is 8.78 Å². The van der Waals surface area contributed by atoms with Crippen molar-refractivity contribution >= 4 is 10.0 Å². The molecule has 0 bridgehead atoms. The van der Waals surface area contributed by atoms with Crippen molar-refractivity contribution in [1.29, 1.82) is 0 Å². The summed E-state index contributed by atoms with van der Waals surface area (Å²) in [5.41, 5.74) is 0.0212. The molecule has 8 heteroatoms. The van der Waals surface area contributed by atoms with E-state index < -0.39 is 27.4 Å². The maximum atomic E-state index is 13.0. The lowest BCUT2D eigenvalue weighted by Crippen LogP contribution is -2.25. The molecular formula is C16H14F2N2O3S. The molecule has 2 aromatic rings. The van der Waals surface area contributed by atoms with E-state index in [1.807, 2.05) is 0 Å². The summed E-state index contributed by atoms with van der Waals surface area (Å²) in [4.78, 5) is 3.87. The molecule has 2 rings (SSSR count). The molecular weight excluding hydrogens is 338 g/mol. The summed E-state index contributed by atoms with van der Waals surface area (Å²) < 4.78 is 57.2. The maximum Gasteiger partial charge on any atom is 0.216 e. The number of halogens is 2. The molecule has 0 fully saturated rings. The second kappa shape index (κ2) is 8.38. The van der Waals surface area contributed by atoms with Crippen LogP contribution in [-0.2, 0) is 15.8 Å². The topological polar surface area (TPSA) is 68.3 Å². The number of hydrogen-bond acceptors (Lipinski definition) is 4. The molecule has 1 aromatic carbocycles. The van der Waals surface area contributed by atoms with Gasteiger partial charge in [0.2, 0.25) is 10.0 Å². The summed E-state index contributed by atoms with van der Waals surface area (Å²) in [5, 5.41) is 0. The number of ether oxygens (including phenoxy) is 1. The number of nitrogens with zero attached hydrogens (tertiary/aromatic N) is 1. The zero-order valence-corrected chi connectivity index (χ0v) is 13.3. The Morgan fingerprint density at radius 3 is 2.58 bits per heavy atom. The maximum absolute atomic E-state index is 13.0. The van der Waals surface area contributed by atoms with Crippen LogP contribution in [0.1, 0.15) is 5.56 Å². The lowest BCUT2D eigenvalue weighted by molar-refractivity contribution is 0.368. The number of hydrogen-bond donors (Lipinski definition) is 1. The molecule has 5 nitrogen and oxygen atoms in total. The van der Waals surface area contributed by atoms with E-state index in [1.54, 1.807) is 18.3 Å². The zero-order chi connectivity index (χ0) is 17.4. The molecule has 0 atom stereocenters. The Morgan fingerprint density at radius 2 is 1.92 bits per heavy atom. The molecule has 0 aliphatic rings. The van der Waals surface area contributed by atoms with Crippen molar-refractivity contribution in [3.05, 3.63) is 59.9 Å². The second-order valence-electron chi connectivity index (χ2n) is 4.69. The van der Waals surface area contributed by atoms with Gasteiger partial charge in [-0.15, -0.1) is 0 Å². The molecule has 24 heavy (non-hydrogen) atoms. The Balaban J connectivity index is 1.79. The fourth-order valence-electron chi connectivity index (χ4n) is 1.78. The summed E-state index contributed by atoms with van der Waals surface area (Å²) >= 11 is 0. The Hall–Kier alpha value is -2.50. The first kappa shape index (κ1) is 17.8. The van der Waals surface area contributed by atoms with E-state index in [4.69, 9.17) is 4.74 Å². The number of rotatable bonds is 6. The summed E-state index contributed by atoms with van der Waals surface area (Å²) in [5.74, 6) is 3.60. The van der Waals surface area contributed by atoms with Gasteiger partial charge in [0, 0.05) is 12.3 Å². The summed E-state index contributed by atoms with van der Waals surface area (Å²) in [6, 6.07) is 6.05. The number of benzene rings is 1. The van der Waals surface area contributed by atoms with Gasteiger partial charge in [0.1, 0.15) is 24.0 Å². The first-order chi connectivity index (χ1) is 11.4. The fourth-order valence-corrected chi connectivity index (χ4v) is 2.78. The van der Waals surface area contributed by atoms with Crippen molar-refractivity contribution in [2.24, 2.45) is 0 Å². The highest BCUT2D eigenvalue weighted by atomic mass is 32.2. The Bertz CT molecular complexity index is 826. The predicted octanol–water partition coefficient (Wildman–Crippen LogP) is 1.86. The van der Waals surface area contributed by atoms with Gasteiger partial charge in [-0.05, 0) is 29.8 Å². The minimum Gasteiger partial charge on any atom is -0.479 e. The Labute approximate surface area is 138 Å². The third kappa shape index (κ3) is 6.32. The molecule has 1 aromatic heterocycles. The summed E-state index contributed by atoms with van der Waals surface area (Å²) in [6.45, 7) is -0.0426. The van der Waals surface area contributed by atoms with Gasteiger partial charge in [0.15, 0.2) is 0 Å². The fraction of sp³-hybridized carbons (Fsp3) is 0.188. The molecule has 0 radical (unpaired) electrons. The third-order valence-electron chi connectivity index (χ3n) is 2.73. The third-order valence-corrected chi connectivity index (χ3v) is 4.03. The minimum absolute atomic E-state index is 0.0212. The van der Waals surface area contributed by atoms with E-state index in [9.17, 15) is 17.2 Å². The van der Waals surface area contributed by atoms with Gasteiger partial charge in [-0.3, -0.25) is 4.98 Å². The van der Waals surface area contributed by atoms with Crippen molar-refractivity contribution in [3.63, 3.8) is 0 Å². The smallest absolute Gasteiger partial charge is 0.216 e. The average Bonchev–Trinajstić information content (AvgIpc) is 2.50. The first-order valence-corrected chi connectivity index (χ1v) is 8.51. The van der Waals surface area contributed by atoms with E-state index in [-0.39, 0.29) is 18.7 Å². The van der Waals surface area contributed by atoms with Gasteiger partial charge >= 0.3 is 0 Å². The lowest BCUT2D eigenvalue weighted by atomic mass is 10.2. The van der Waals surface area contributed by atoms with Gasteiger partial charge in [-0.25, -0.2) is 21.9 Å². The molecule has 0 spiro atoms. The highest BCUT2D eigenvalue weighted by Crippen LogP contribution is 2.10. The first-order valence-electron chi connectivity index (χ1n) is 6.85. The normalized spacial score (nSPS) is 10.8.